The highest BCUT2D eigenvalue weighted by atomic mass is 16.6. The van der Waals surface area contributed by atoms with Gasteiger partial charge in [-0.2, -0.15) is 5.26 Å². The smallest absolute Gasteiger partial charge is 0.410 e. The largest absolute Gasteiger partial charge is 0.468 e. The van der Waals surface area contributed by atoms with Crippen LogP contribution in [0, 0.1) is 23.7 Å². The van der Waals surface area contributed by atoms with Crippen molar-refractivity contribution in [2.45, 2.75) is 78.6 Å². The van der Waals surface area contributed by atoms with Crippen molar-refractivity contribution in [3.8, 4) is 23.2 Å². The molecule has 0 bridgehead atoms. The molecule has 0 spiro atoms. The fourth-order valence-electron chi connectivity index (χ4n) is 6.08. The summed E-state index contributed by atoms with van der Waals surface area (Å²) in [5, 5.41) is 18.9. The van der Waals surface area contributed by atoms with Gasteiger partial charge in [-0.25, -0.2) is 14.5 Å². The summed E-state index contributed by atoms with van der Waals surface area (Å²) in [7, 11) is 0. The van der Waals surface area contributed by atoms with Crippen molar-refractivity contribution in [2.24, 2.45) is 5.41 Å². The minimum absolute atomic E-state index is 0.114. The Labute approximate surface area is 245 Å². The van der Waals surface area contributed by atoms with Gasteiger partial charge in [-0.1, -0.05) is 25.1 Å². The zero-order valence-electron chi connectivity index (χ0n) is 25.0. The molecule has 4 aromatic rings. The standard InChI is InChI=1S/C31H36N8O3/c1-19-26(35-36-39(19)22-9-12-37(13-10-22)29(40)42-30(2,3)4)21-14-24-34-18-23(17-32)38(24)25(15-21)41-28-27-20(8-7-11-33-27)16-31(28,5)6/h7-8,11,14-15,18,22,28H,9-10,12-13,16H2,1-6H3. The number of piperidine rings is 1. The molecular formula is C31H36N8O3. The van der Waals surface area contributed by atoms with Gasteiger partial charge in [0, 0.05) is 36.3 Å². The van der Waals surface area contributed by atoms with E-state index >= 15 is 0 Å². The third-order valence-corrected chi connectivity index (χ3v) is 8.12. The van der Waals surface area contributed by atoms with Crippen LogP contribution in [-0.2, 0) is 11.2 Å². The van der Waals surface area contributed by atoms with Crippen LogP contribution in [0.4, 0.5) is 4.79 Å². The fourth-order valence-corrected chi connectivity index (χ4v) is 6.08. The van der Waals surface area contributed by atoms with E-state index in [0.29, 0.717) is 30.3 Å². The first kappa shape index (κ1) is 27.7. The minimum atomic E-state index is -0.523. The summed E-state index contributed by atoms with van der Waals surface area (Å²) in [5.74, 6) is 0.507. The van der Waals surface area contributed by atoms with Gasteiger partial charge in [0.25, 0.3) is 0 Å². The van der Waals surface area contributed by atoms with Crippen LogP contribution in [0.25, 0.3) is 16.9 Å². The number of pyridine rings is 2. The Morgan fingerprint density at radius 1 is 1.17 bits per heavy atom. The third kappa shape index (κ3) is 4.95. The van der Waals surface area contributed by atoms with Crippen LogP contribution in [0.3, 0.4) is 0 Å². The lowest BCUT2D eigenvalue weighted by molar-refractivity contribution is 0.0183. The lowest BCUT2D eigenvalue weighted by Gasteiger charge is -2.33. The van der Waals surface area contributed by atoms with E-state index in [1.54, 1.807) is 21.7 Å². The van der Waals surface area contributed by atoms with Crippen LogP contribution >= 0.6 is 0 Å². The zero-order chi connectivity index (χ0) is 29.8. The normalized spacial score (nSPS) is 18.6. The van der Waals surface area contributed by atoms with Gasteiger partial charge in [-0.15, -0.1) is 5.10 Å². The Morgan fingerprint density at radius 2 is 1.93 bits per heavy atom. The molecule has 5 heterocycles. The molecule has 218 valence electrons. The predicted octanol–water partition coefficient (Wildman–Crippen LogP) is 5.44. The van der Waals surface area contributed by atoms with E-state index in [-0.39, 0.29) is 23.7 Å². The van der Waals surface area contributed by atoms with Crippen LogP contribution in [0.1, 0.15) is 82.3 Å². The van der Waals surface area contributed by atoms with Crippen LogP contribution in [0.5, 0.6) is 5.88 Å². The fraction of sp³-hybridized carbons (Fsp3) is 0.484. The Kier molecular flexibility index (Phi) is 6.67. The highest BCUT2D eigenvalue weighted by molar-refractivity contribution is 5.69. The molecule has 1 unspecified atom stereocenters. The number of hydrogen-bond acceptors (Lipinski definition) is 8. The van der Waals surface area contributed by atoms with Crippen LogP contribution in [0.2, 0.25) is 0 Å². The van der Waals surface area contributed by atoms with Gasteiger partial charge >= 0.3 is 6.09 Å². The number of likely N-dealkylation sites (tertiary alicyclic amines) is 1. The van der Waals surface area contributed by atoms with Crippen molar-refractivity contribution in [3.63, 3.8) is 0 Å². The number of carbonyl (C=O) groups excluding carboxylic acids is 1. The zero-order valence-corrected chi connectivity index (χ0v) is 25.0. The average molecular weight is 569 g/mol. The van der Waals surface area contributed by atoms with Gasteiger partial charge in [0.2, 0.25) is 5.88 Å². The van der Waals surface area contributed by atoms with Gasteiger partial charge in [-0.3, -0.25) is 9.38 Å². The number of nitriles is 1. The summed E-state index contributed by atoms with van der Waals surface area (Å²) >= 11 is 0. The van der Waals surface area contributed by atoms with Gasteiger partial charge in [0.15, 0.2) is 0 Å². The lowest BCUT2D eigenvalue weighted by Crippen LogP contribution is -2.42. The Bertz CT molecular complexity index is 1700. The van der Waals surface area contributed by atoms with E-state index in [2.05, 4.69) is 46.3 Å². The van der Waals surface area contributed by atoms with Crippen molar-refractivity contribution >= 4 is 11.7 Å². The number of hydrogen-bond donors (Lipinski definition) is 0. The Hall–Kier alpha value is -4.46. The highest BCUT2D eigenvalue weighted by Gasteiger charge is 2.42. The molecule has 1 saturated heterocycles. The second kappa shape index (κ2) is 10.1. The van der Waals surface area contributed by atoms with Crippen molar-refractivity contribution < 1.29 is 14.3 Å². The van der Waals surface area contributed by atoms with Crippen molar-refractivity contribution in [1.82, 2.24) is 34.3 Å². The lowest BCUT2D eigenvalue weighted by atomic mass is 9.88. The summed E-state index contributed by atoms with van der Waals surface area (Å²) < 4.78 is 16.0. The van der Waals surface area contributed by atoms with Crippen molar-refractivity contribution in [3.05, 3.63) is 59.3 Å². The molecule has 0 radical (unpaired) electrons. The molecule has 1 aliphatic heterocycles. The topological polar surface area (TPSA) is 123 Å². The summed E-state index contributed by atoms with van der Waals surface area (Å²) in [6.07, 6.45) is 5.13. The maximum absolute atomic E-state index is 12.5. The molecule has 0 aromatic carbocycles. The Balaban J connectivity index is 1.30. The minimum Gasteiger partial charge on any atom is -0.468 e. The van der Waals surface area contributed by atoms with Crippen LogP contribution < -0.4 is 4.74 Å². The average Bonchev–Trinajstić information content (AvgIpc) is 3.60. The van der Waals surface area contributed by atoms with Crippen molar-refractivity contribution in [2.75, 3.05) is 13.1 Å². The van der Waals surface area contributed by atoms with E-state index in [4.69, 9.17) is 9.47 Å². The molecule has 11 nitrogen and oxygen atoms in total. The van der Waals surface area contributed by atoms with Crippen molar-refractivity contribution in [1.29, 1.82) is 5.26 Å². The molecule has 0 N–H and O–H groups in total. The first-order chi connectivity index (χ1) is 19.9. The maximum atomic E-state index is 12.5. The molecule has 1 atom stereocenters. The van der Waals surface area contributed by atoms with E-state index < -0.39 is 5.60 Å². The molecule has 11 heteroatoms. The molecule has 4 aromatic heterocycles. The Morgan fingerprint density at radius 3 is 2.64 bits per heavy atom. The molecule has 1 fully saturated rings. The molecule has 42 heavy (non-hydrogen) atoms. The summed E-state index contributed by atoms with van der Waals surface area (Å²) in [6.45, 7) is 13.2. The number of amides is 1. The monoisotopic (exact) mass is 568 g/mol. The summed E-state index contributed by atoms with van der Waals surface area (Å²) in [5.41, 5.74) is 4.80. The predicted molar refractivity (Wildman–Crippen MR) is 155 cm³/mol. The number of aromatic nitrogens is 6. The second-order valence-electron chi connectivity index (χ2n) is 12.9. The first-order valence-electron chi connectivity index (χ1n) is 14.4. The molecule has 1 amide bonds. The molecule has 0 saturated carbocycles. The molecule has 2 aliphatic rings. The quantitative estimate of drug-likeness (QED) is 0.319. The van der Waals surface area contributed by atoms with Gasteiger partial charge in [0.05, 0.1) is 23.6 Å². The third-order valence-electron chi connectivity index (χ3n) is 8.12. The van der Waals surface area contributed by atoms with E-state index in [1.807, 2.05) is 50.6 Å². The molecule has 1 aliphatic carbocycles. The molecular weight excluding hydrogens is 532 g/mol. The van der Waals surface area contributed by atoms with Crippen LogP contribution in [0.15, 0.2) is 36.7 Å². The summed E-state index contributed by atoms with van der Waals surface area (Å²) in [4.78, 5) is 23.5. The number of fused-ring (bicyclic) bond motifs is 2. The maximum Gasteiger partial charge on any atom is 0.410 e. The van der Waals surface area contributed by atoms with Crippen LogP contribution in [-0.4, -0.2) is 59.0 Å². The summed E-state index contributed by atoms with van der Waals surface area (Å²) in [6, 6.07) is 10.2. The number of imidazole rings is 1. The first-order valence-corrected chi connectivity index (χ1v) is 14.4. The van der Waals surface area contributed by atoms with Gasteiger partial charge < -0.3 is 14.4 Å². The van der Waals surface area contributed by atoms with E-state index in [0.717, 1.165) is 41.9 Å². The molecule has 6 rings (SSSR count). The number of carbonyl (C=O) groups is 1. The second-order valence-corrected chi connectivity index (χ2v) is 12.9. The SMILES string of the molecule is Cc1c(-c2cc(OC3c4ncccc4CC3(C)C)n3c(C#N)cnc3c2)nnn1C1CCN(C(=O)OC(C)(C)C)CC1. The number of ether oxygens (including phenoxy) is 2. The highest BCUT2D eigenvalue weighted by Crippen LogP contribution is 2.47. The van der Waals surface area contributed by atoms with Gasteiger partial charge in [-0.05, 0) is 64.7 Å². The van der Waals surface area contributed by atoms with Gasteiger partial charge in [0.1, 0.15) is 34.8 Å². The number of nitrogens with zero attached hydrogens (tertiary/aromatic N) is 8. The number of rotatable bonds is 4. The van der Waals surface area contributed by atoms with E-state index in [1.165, 1.54) is 5.56 Å². The van der Waals surface area contributed by atoms with E-state index in [9.17, 15) is 10.1 Å².